The molecule has 0 radical (unpaired) electrons. The van der Waals surface area contributed by atoms with E-state index in [2.05, 4.69) is 14.9 Å². The Hall–Kier alpha value is -1.93. The molecule has 1 amide bonds. The summed E-state index contributed by atoms with van der Waals surface area (Å²) < 4.78 is 11.9. The Morgan fingerprint density at radius 1 is 1.36 bits per heavy atom. The fourth-order valence-electron chi connectivity index (χ4n) is 3.23. The summed E-state index contributed by atoms with van der Waals surface area (Å²) in [6.45, 7) is 2.38. The molecule has 2 saturated heterocycles. The lowest BCUT2D eigenvalue weighted by atomic mass is 9.84. The van der Waals surface area contributed by atoms with Crippen LogP contribution in [-0.4, -0.2) is 87.0 Å². The average Bonchev–Trinajstić information content (AvgIpc) is 2.57. The standard InChI is InChI=1S/C17H27N5O3/c1-20(2)14-7-15(19-12-18-14)22-10-17(11-22)8-13(5-6-25-17)24-9-16(23)21(3)4/h7,12-13H,5-6,8-11H2,1-4H3/t13-/m0/s1. The molecule has 0 saturated carbocycles. The molecular weight excluding hydrogens is 322 g/mol. The van der Waals surface area contributed by atoms with Crippen LogP contribution in [0, 0.1) is 0 Å². The average molecular weight is 349 g/mol. The Kier molecular flexibility index (Phi) is 5.10. The van der Waals surface area contributed by atoms with E-state index in [1.807, 2.05) is 25.1 Å². The molecule has 0 aliphatic carbocycles. The molecular formula is C17H27N5O3. The molecule has 0 bridgehead atoms. The third-order valence-corrected chi connectivity index (χ3v) is 4.77. The largest absolute Gasteiger partial charge is 0.371 e. The molecule has 0 N–H and O–H groups in total. The number of likely N-dealkylation sites (N-methyl/N-ethyl adjacent to an activating group) is 1. The van der Waals surface area contributed by atoms with E-state index in [0.29, 0.717) is 6.61 Å². The number of amides is 1. The van der Waals surface area contributed by atoms with Crippen LogP contribution in [-0.2, 0) is 14.3 Å². The lowest BCUT2D eigenvalue weighted by Gasteiger charge is -2.53. The van der Waals surface area contributed by atoms with Crippen molar-refractivity contribution in [2.24, 2.45) is 0 Å². The Morgan fingerprint density at radius 3 is 2.80 bits per heavy atom. The van der Waals surface area contributed by atoms with Gasteiger partial charge < -0.3 is 24.2 Å². The van der Waals surface area contributed by atoms with Gasteiger partial charge in [-0.2, -0.15) is 0 Å². The van der Waals surface area contributed by atoms with E-state index >= 15 is 0 Å². The smallest absolute Gasteiger partial charge is 0.248 e. The normalized spacial score (nSPS) is 21.8. The minimum absolute atomic E-state index is 0.00650. The number of aromatic nitrogens is 2. The zero-order chi connectivity index (χ0) is 18.0. The second kappa shape index (κ2) is 7.13. The van der Waals surface area contributed by atoms with Gasteiger partial charge in [-0.25, -0.2) is 9.97 Å². The molecule has 2 aliphatic heterocycles. The number of carbonyl (C=O) groups is 1. The maximum Gasteiger partial charge on any atom is 0.248 e. The van der Waals surface area contributed by atoms with Gasteiger partial charge in [0.2, 0.25) is 5.91 Å². The van der Waals surface area contributed by atoms with Crippen LogP contribution in [0.2, 0.25) is 0 Å². The second-order valence-electron chi connectivity index (χ2n) is 7.23. The lowest BCUT2D eigenvalue weighted by Crippen LogP contribution is -2.66. The fraction of sp³-hybridized carbons (Fsp3) is 0.706. The number of nitrogens with zero attached hydrogens (tertiary/aromatic N) is 5. The number of ether oxygens (including phenoxy) is 2. The maximum absolute atomic E-state index is 11.7. The predicted octanol–water partition coefficient (Wildman–Crippen LogP) is 0.385. The molecule has 8 nitrogen and oxygen atoms in total. The number of rotatable bonds is 5. The molecule has 3 heterocycles. The minimum Gasteiger partial charge on any atom is -0.371 e. The molecule has 0 aromatic carbocycles. The van der Waals surface area contributed by atoms with Crippen molar-refractivity contribution < 1.29 is 14.3 Å². The van der Waals surface area contributed by atoms with Gasteiger partial charge in [0, 0.05) is 47.3 Å². The van der Waals surface area contributed by atoms with Gasteiger partial charge in [0.25, 0.3) is 0 Å². The molecule has 1 atom stereocenters. The highest BCUT2D eigenvalue weighted by molar-refractivity contribution is 5.76. The minimum atomic E-state index is -0.187. The summed E-state index contributed by atoms with van der Waals surface area (Å²) in [5.74, 6) is 1.80. The van der Waals surface area contributed by atoms with Crippen molar-refractivity contribution in [3.63, 3.8) is 0 Å². The monoisotopic (exact) mass is 349 g/mol. The Labute approximate surface area is 148 Å². The SMILES string of the molecule is CN(C)C(=O)CO[C@H]1CCOC2(C1)CN(c1cc(N(C)C)ncn1)C2. The van der Waals surface area contributed by atoms with Crippen molar-refractivity contribution in [2.75, 3.05) is 64.3 Å². The van der Waals surface area contributed by atoms with Crippen molar-refractivity contribution in [3.05, 3.63) is 12.4 Å². The fourth-order valence-corrected chi connectivity index (χ4v) is 3.23. The number of carbonyl (C=O) groups excluding carboxylic acids is 1. The van der Waals surface area contributed by atoms with E-state index in [9.17, 15) is 4.79 Å². The Balaban J connectivity index is 1.55. The molecule has 3 rings (SSSR count). The summed E-state index contributed by atoms with van der Waals surface area (Å²) in [5, 5.41) is 0. The van der Waals surface area contributed by atoms with Crippen molar-refractivity contribution >= 4 is 17.5 Å². The van der Waals surface area contributed by atoms with Crippen LogP contribution in [0.4, 0.5) is 11.6 Å². The summed E-state index contributed by atoms with van der Waals surface area (Å²) in [4.78, 5) is 26.0. The van der Waals surface area contributed by atoms with Crippen LogP contribution in [0.5, 0.6) is 0 Å². The zero-order valence-electron chi connectivity index (χ0n) is 15.4. The lowest BCUT2D eigenvalue weighted by molar-refractivity contribution is -0.156. The Morgan fingerprint density at radius 2 is 2.12 bits per heavy atom. The molecule has 2 fully saturated rings. The van der Waals surface area contributed by atoms with E-state index in [-0.39, 0.29) is 24.2 Å². The van der Waals surface area contributed by atoms with Gasteiger partial charge >= 0.3 is 0 Å². The topological polar surface area (TPSA) is 71.0 Å². The highest BCUT2D eigenvalue weighted by Gasteiger charge is 2.48. The summed E-state index contributed by atoms with van der Waals surface area (Å²) in [5.41, 5.74) is -0.187. The molecule has 1 aromatic rings. The summed E-state index contributed by atoms with van der Waals surface area (Å²) in [7, 11) is 7.41. The maximum atomic E-state index is 11.7. The number of anilines is 2. The first-order valence-electron chi connectivity index (χ1n) is 8.59. The highest BCUT2D eigenvalue weighted by atomic mass is 16.5. The van der Waals surface area contributed by atoms with Crippen molar-refractivity contribution in [2.45, 2.75) is 24.5 Å². The van der Waals surface area contributed by atoms with Crippen LogP contribution in [0.15, 0.2) is 12.4 Å². The molecule has 138 valence electrons. The molecule has 1 spiro atoms. The van der Waals surface area contributed by atoms with Crippen molar-refractivity contribution in [3.8, 4) is 0 Å². The van der Waals surface area contributed by atoms with Gasteiger partial charge in [-0.3, -0.25) is 4.79 Å². The number of hydrogen-bond donors (Lipinski definition) is 0. The molecule has 8 heteroatoms. The first kappa shape index (κ1) is 17.9. The third kappa shape index (κ3) is 4.01. The van der Waals surface area contributed by atoms with Crippen LogP contribution in [0.3, 0.4) is 0 Å². The van der Waals surface area contributed by atoms with E-state index < -0.39 is 0 Å². The molecule has 0 unspecified atom stereocenters. The number of hydrogen-bond acceptors (Lipinski definition) is 7. The van der Waals surface area contributed by atoms with Crippen LogP contribution in [0.1, 0.15) is 12.8 Å². The first-order chi connectivity index (χ1) is 11.9. The second-order valence-corrected chi connectivity index (χ2v) is 7.23. The Bertz CT molecular complexity index is 616. The van der Waals surface area contributed by atoms with E-state index in [1.54, 1.807) is 25.3 Å². The first-order valence-corrected chi connectivity index (χ1v) is 8.59. The zero-order valence-corrected chi connectivity index (χ0v) is 15.4. The van der Waals surface area contributed by atoms with Gasteiger partial charge in [0.15, 0.2) is 0 Å². The van der Waals surface area contributed by atoms with Crippen molar-refractivity contribution in [1.82, 2.24) is 14.9 Å². The van der Waals surface area contributed by atoms with Gasteiger partial charge in [-0.05, 0) is 6.42 Å². The van der Waals surface area contributed by atoms with Gasteiger partial charge in [0.05, 0.1) is 19.2 Å². The van der Waals surface area contributed by atoms with Crippen LogP contribution >= 0.6 is 0 Å². The van der Waals surface area contributed by atoms with E-state index in [4.69, 9.17) is 9.47 Å². The molecule has 25 heavy (non-hydrogen) atoms. The van der Waals surface area contributed by atoms with Crippen LogP contribution < -0.4 is 9.80 Å². The molecule has 2 aliphatic rings. The summed E-state index contributed by atoms with van der Waals surface area (Å²) in [6, 6.07) is 1.99. The van der Waals surface area contributed by atoms with E-state index in [1.165, 1.54) is 0 Å². The third-order valence-electron chi connectivity index (χ3n) is 4.77. The summed E-state index contributed by atoms with van der Waals surface area (Å²) in [6.07, 6.45) is 3.31. The highest BCUT2D eigenvalue weighted by Crippen LogP contribution is 2.37. The van der Waals surface area contributed by atoms with Gasteiger partial charge in [-0.15, -0.1) is 0 Å². The van der Waals surface area contributed by atoms with Gasteiger partial charge in [0.1, 0.15) is 30.2 Å². The quantitative estimate of drug-likeness (QED) is 0.761. The van der Waals surface area contributed by atoms with Crippen molar-refractivity contribution in [1.29, 1.82) is 0 Å². The summed E-state index contributed by atoms with van der Waals surface area (Å²) >= 11 is 0. The predicted molar refractivity (Wildman–Crippen MR) is 94.9 cm³/mol. The molecule has 1 aromatic heterocycles. The van der Waals surface area contributed by atoms with Crippen LogP contribution in [0.25, 0.3) is 0 Å². The van der Waals surface area contributed by atoms with Gasteiger partial charge in [-0.1, -0.05) is 0 Å². The van der Waals surface area contributed by atoms with E-state index in [0.717, 1.165) is 37.6 Å².